The highest BCUT2D eigenvalue weighted by Crippen LogP contribution is 2.26. The predicted octanol–water partition coefficient (Wildman–Crippen LogP) is 3.89. The SMILES string of the molecule is Cc1cccn2cc(C(=O)Nc3nnc(C(C)Oc4ccccc4)s3)nc12. The number of nitrogens with zero attached hydrogens (tertiary/aromatic N) is 4. The predicted molar refractivity (Wildman–Crippen MR) is 103 cm³/mol. The van der Waals surface area contributed by atoms with Crippen LogP contribution in [0.4, 0.5) is 5.13 Å². The van der Waals surface area contributed by atoms with Crippen molar-refractivity contribution in [3.8, 4) is 5.75 Å². The molecule has 0 spiro atoms. The van der Waals surface area contributed by atoms with Crippen molar-refractivity contribution in [3.05, 3.63) is 71.1 Å². The summed E-state index contributed by atoms with van der Waals surface area (Å²) >= 11 is 1.28. The molecule has 136 valence electrons. The van der Waals surface area contributed by atoms with Crippen LogP contribution in [0.1, 0.15) is 34.1 Å². The van der Waals surface area contributed by atoms with Gasteiger partial charge in [-0.1, -0.05) is 35.6 Å². The van der Waals surface area contributed by atoms with Gasteiger partial charge in [-0.3, -0.25) is 10.1 Å². The van der Waals surface area contributed by atoms with Crippen molar-refractivity contribution in [2.45, 2.75) is 20.0 Å². The highest BCUT2D eigenvalue weighted by Gasteiger charge is 2.17. The van der Waals surface area contributed by atoms with E-state index < -0.39 is 0 Å². The van der Waals surface area contributed by atoms with E-state index in [1.807, 2.05) is 66.9 Å². The summed E-state index contributed by atoms with van der Waals surface area (Å²) in [6.45, 7) is 3.85. The number of rotatable bonds is 5. The molecule has 4 aromatic rings. The monoisotopic (exact) mass is 379 g/mol. The third-order valence-corrected chi connectivity index (χ3v) is 4.98. The first-order valence-electron chi connectivity index (χ1n) is 8.41. The number of aryl methyl sites for hydroxylation is 1. The van der Waals surface area contributed by atoms with E-state index in [0.717, 1.165) is 17.0 Å². The van der Waals surface area contributed by atoms with Crippen LogP contribution < -0.4 is 10.1 Å². The number of carbonyl (C=O) groups is 1. The van der Waals surface area contributed by atoms with Crippen molar-refractivity contribution >= 4 is 28.0 Å². The topological polar surface area (TPSA) is 81.4 Å². The van der Waals surface area contributed by atoms with E-state index in [2.05, 4.69) is 20.5 Å². The van der Waals surface area contributed by atoms with Crippen LogP contribution in [0.15, 0.2) is 54.9 Å². The number of carbonyl (C=O) groups excluding carboxylic acids is 1. The number of hydrogen-bond acceptors (Lipinski definition) is 6. The van der Waals surface area contributed by atoms with Crippen LogP contribution in [-0.2, 0) is 0 Å². The number of para-hydroxylation sites is 1. The largest absolute Gasteiger partial charge is 0.483 e. The number of amides is 1. The molecular weight excluding hydrogens is 362 g/mol. The van der Waals surface area contributed by atoms with Crippen molar-refractivity contribution in [3.63, 3.8) is 0 Å². The lowest BCUT2D eigenvalue weighted by atomic mass is 10.3. The fourth-order valence-corrected chi connectivity index (χ4v) is 3.35. The van der Waals surface area contributed by atoms with Gasteiger partial charge in [-0.05, 0) is 37.6 Å². The molecule has 0 saturated heterocycles. The van der Waals surface area contributed by atoms with Crippen LogP contribution >= 0.6 is 11.3 Å². The van der Waals surface area contributed by atoms with Gasteiger partial charge in [0.2, 0.25) is 5.13 Å². The third-order valence-electron chi connectivity index (χ3n) is 3.98. The van der Waals surface area contributed by atoms with Gasteiger partial charge in [0.1, 0.15) is 23.2 Å². The molecule has 1 atom stereocenters. The number of anilines is 1. The summed E-state index contributed by atoms with van der Waals surface area (Å²) in [5.74, 6) is 0.434. The molecule has 4 rings (SSSR count). The van der Waals surface area contributed by atoms with Crippen LogP contribution in [0, 0.1) is 6.92 Å². The molecule has 0 saturated carbocycles. The summed E-state index contributed by atoms with van der Waals surface area (Å²) in [6, 6.07) is 13.4. The van der Waals surface area contributed by atoms with E-state index in [9.17, 15) is 4.79 Å². The quantitative estimate of drug-likeness (QED) is 0.569. The summed E-state index contributed by atoms with van der Waals surface area (Å²) in [5, 5.41) is 12.0. The molecule has 0 aliphatic carbocycles. The minimum atomic E-state index is -0.322. The van der Waals surface area contributed by atoms with Crippen LogP contribution in [0.2, 0.25) is 0 Å². The zero-order valence-corrected chi connectivity index (χ0v) is 15.6. The Morgan fingerprint density at radius 3 is 2.78 bits per heavy atom. The maximum Gasteiger partial charge on any atom is 0.277 e. The van der Waals surface area contributed by atoms with Gasteiger partial charge in [0.15, 0.2) is 5.01 Å². The fraction of sp³-hybridized carbons (Fsp3) is 0.158. The molecule has 0 fully saturated rings. The van der Waals surface area contributed by atoms with Crippen LogP contribution in [0.25, 0.3) is 5.65 Å². The molecular formula is C19H17N5O2S. The molecule has 1 unspecified atom stereocenters. The molecule has 7 nitrogen and oxygen atoms in total. The molecule has 8 heteroatoms. The molecule has 27 heavy (non-hydrogen) atoms. The van der Waals surface area contributed by atoms with Crippen LogP contribution in [0.3, 0.4) is 0 Å². The molecule has 0 radical (unpaired) electrons. The van der Waals surface area contributed by atoms with E-state index in [-0.39, 0.29) is 12.0 Å². The standard InChI is InChI=1S/C19H17N5O2S/c1-12-7-6-10-24-11-15(20-16(12)24)17(25)21-19-23-22-18(27-19)13(2)26-14-8-4-3-5-9-14/h3-11,13H,1-2H3,(H,21,23,25). The second-order valence-electron chi connectivity index (χ2n) is 6.02. The lowest BCUT2D eigenvalue weighted by molar-refractivity contribution is 0.102. The Balaban J connectivity index is 1.46. The molecule has 3 aromatic heterocycles. The maximum absolute atomic E-state index is 12.5. The van der Waals surface area contributed by atoms with E-state index in [4.69, 9.17) is 4.74 Å². The Kier molecular flexibility index (Phi) is 4.55. The lowest BCUT2D eigenvalue weighted by Gasteiger charge is -2.10. The molecule has 1 aromatic carbocycles. The van der Waals surface area contributed by atoms with Crippen LogP contribution in [0.5, 0.6) is 5.75 Å². The van der Waals surface area contributed by atoms with Crippen molar-refractivity contribution < 1.29 is 9.53 Å². The van der Waals surface area contributed by atoms with Crippen molar-refractivity contribution in [1.82, 2.24) is 19.6 Å². The lowest BCUT2D eigenvalue weighted by Crippen LogP contribution is -2.12. The Labute approximate surface area is 159 Å². The summed E-state index contributed by atoms with van der Waals surface area (Å²) in [7, 11) is 0. The Bertz CT molecular complexity index is 1090. The molecule has 0 aliphatic heterocycles. The highest BCUT2D eigenvalue weighted by molar-refractivity contribution is 7.15. The number of fused-ring (bicyclic) bond motifs is 1. The Morgan fingerprint density at radius 2 is 2.00 bits per heavy atom. The molecule has 3 heterocycles. The average molecular weight is 379 g/mol. The number of pyridine rings is 1. The van der Waals surface area contributed by atoms with Crippen molar-refractivity contribution in [1.29, 1.82) is 0 Å². The van der Waals surface area contributed by atoms with Gasteiger partial charge in [0, 0.05) is 12.4 Å². The molecule has 1 amide bonds. The van der Waals surface area contributed by atoms with Crippen molar-refractivity contribution in [2.75, 3.05) is 5.32 Å². The number of hydrogen-bond donors (Lipinski definition) is 1. The smallest absolute Gasteiger partial charge is 0.277 e. The average Bonchev–Trinajstić information content (AvgIpc) is 3.30. The van der Waals surface area contributed by atoms with Gasteiger partial charge in [-0.15, -0.1) is 10.2 Å². The van der Waals surface area contributed by atoms with E-state index >= 15 is 0 Å². The highest BCUT2D eigenvalue weighted by atomic mass is 32.1. The molecule has 1 N–H and O–H groups in total. The number of aromatic nitrogens is 4. The summed E-state index contributed by atoms with van der Waals surface area (Å²) in [4.78, 5) is 16.9. The van der Waals surface area contributed by atoms with Gasteiger partial charge >= 0.3 is 0 Å². The minimum absolute atomic E-state index is 0.270. The van der Waals surface area contributed by atoms with Gasteiger partial charge in [-0.2, -0.15) is 0 Å². The second kappa shape index (κ2) is 7.16. The van der Waals surface area contributed by atoms with E-state index in [1.54, 1.807) is 6.20 Å². The number of imidazole rings is 1. The third kappa shape index (κ3) is 3.65. The van der Waals surface area contributed by atoms with Crippen LogP contribution in [-0.4, -0.2) is 25.5 Å². The van der Waals surface area contributed by atoms with Gasteiger partial charge in [-0.25, -0.2) is 4.98 Å². The Hall–Kier alpha value is -3.26. The van der Waals surface area contributed by atoms with Gasteiger partial charge < -0.3 is 9.14 Å². The zero-order chi connectivity index (χ0) is 18.8. The first kappa shape index (κ1) is 17.2. The van der Waals surface area contributed by atoms with Gasteiger partial charge in [0.05, 0.1) is 0 Å². The van der Waals surface area contributed by atoms with Gasteiger partial charge in [0.25, 0.3) is 5.91 Å². The molecule has 0 bridgehead atoms. The fourth-order valence-electron chi connectivity index (χ4n) is 2.63. The Morgan fingerprint density at radius 1 is 1.19 bits per heavy atom. The first-order valence-corrected chi connectivity index (χ1v) is 9.22. The van der Waals surface area contributed by atoms with E-state index in [0.29, 0.717) is 15.8 Å². The zero-order valence-electron chi connectivity index (χ0n) is 14.8. The minimum Gasteiger partial charge on any atom is -0.483 e. The molecule has 0 aliphatic rings. The van der Waals surface area contributed by atoms with Crippen molar-refractivity contribution in [2.24, 2.45) is 0 Å². The number of nitrogens with one attached hydrogen (secondary N) is 1. The van der Waals surface area contributed by atoms with E-state index in [1.165, 1.54) is 11.3 Å². The summed E-state index contributed by atoms with van der Waals surface area (Å²) in [5.41, 5.74) is 2.08. The number of ether oxygens (including phenoxy) is 1. The first-order chi connectivity index (χ1) is 13.1. The summed E-state index contributed by atoms with van der Waals surface area (Å²) < 4.78 is 7.66. The summed E-state index contributed by atoms with van der Waals surface area (Å²) in [6.07, 6.45) is 3.28. The maximum atomic E-state index is 12.5. The normalized spacial score (nSPS) is 12.1. The number of benzene rings is 1. The second-order valence-corrected chi connectivity index (χ2v) is 7.03.